The van der Waals surface area contributed by atoms with E-state index in [4.69, 9.17) is 15.1 Å². The molecule has 2 fully saturated rings. The molecule has 2 saturated carbocycles. The van der Waals surface area contributed by atoms with Crippen molar-refractivity contribution in [3.63, 3.8) is 0 Å². The van der Waals surface area contributed by atoms with Crippen LogP contribution < -0.4 is 0 Å². The van der Waals surface area contributed by atoms with Crippen molar-refractivity contribution in [2.75, 3.05) is 6.61 Å². The highest BCUT2D eigenvalue weighted by molar-refractivity contribution is 6.02. The Balaban J connectivity index is 1.75. The first-order valence-corrected chi connectivity index (χ1v) is 7.14. The molecule has 0 radical (unpaired) electrons. The lowest BCUT2D eigenvalue weighted by atomic mass is 9.80. The maximum absolute atomic E-state index is 11.1. The number of carboxylic acids is 1. The van der Waals surface area contributed by atoms with E-state index in [2.05, 4.69) is 0 Å². The van der Waals surface area contributed by atoms with Crippen LogP contribution in [0.15, 0.2) is 9.98 Å². The molecule has 2 aliphatic carbocycles. The summed E-state index contributed by atoms with van der Waals surface area (Å²) in [7, 11) is 0. The molecule has 3 aliphatic rings. The summed E-state index contributed by atoms with van der Waals surface area (Å²) in [6, 6.07) is 0.158. The van der Waals surface area contributed by atoms with Crippen LogP contribution >= 0.6 is 0 Å². The van der Waals surface area contributed by atoms with Gasteiger partial charge in [0.2, 0.25) is 0 Å². The Labute approximate surface area is 112 Å². The number of aliphatic hydroxyl groups excluding tert-OH is 1. The second kappa shape index (κ2) is 5.04. The van der Waals surface area contributed by atoms with Gasteiger partial charge < -0.3 is 10.2 Å². The summed E-state index contributed by atoms with van der Waals surface area (Å²) in [6.45, 7) is 0.235. The SMILES string of the molecule is O=C(O)C1CCC2=NC3CC(CO)CCC3=NC2C1. The number of fused-ring (bicyclic) bond motifs is 2. The zero-order chi connectivity index (χ0) is 13.4. The van der Waals surface area contributed by atoms with E-state index >= 15 is 0 Å². The smallest absolute Gasteiger partial charge is 0.306 e. The molecule has 0 aromatic rings. The van der Waals surface area contributed by atoms with Gasteiger partial charge in [0.1, 0.15) is 0 Å². The van der Waals surface area contributed by atoms with Crippen molar-refractivity contribution in [1.82, 2.24) is 0 Å². The Morgan fingerprint density at radius 2 is 1.74 bits per heavy atom. The molecular formula is C14H20N2O3. The predicted octanol–water partition coefficient (Wildman–Crippen LogP) is 1.30. The van der Waals surface area contributed by atoms with Gasteiger partial charge in [-0.05, 0) is 44.4 Å². The highest BCUT2D eigenvalue weighted by atomic mass is 16.4. The van der Waals surface area contributed by atoms with Crippen LogP contribution in [0.1, 0.15) is 38.5 Å². The van der Waals surface area contributed by atoms with E-state index in [1.54, 1.807) is 0 Å². The van der Waals surface area contributed by atoms with Crippen molar-refractivity contribution in [2.24, 2.45) is 21.8 Å². The van der Waals surface area contributed by atoms with Crippen molar-refractivity contribution >= 4 is 17.4 Å². The molecule has 5 nitrogen and oxygen atoms in total. The van der Waals surface area contributed by atoms with Gasteiger partial charge >= 0.3 is 5.97 Å². The Hall–Kier alpha value is -1.23. The van der Waals surface area contributed by atoms with E-state index in [0.717, 1.165) is 37.1 Å². The quantitative estimate of drug-likeness (QED) is 0.788. The topological polar surface area (TPSA) is 82.2 Å². The summed E-state index contributed by atoms with van der Waals surface area (Å²) >= 11 is 0. The third kappa shape index (κ3) is 2.43. The first-order chi connectivity index (χ1) is 9.17. The zero-order valence-corrected chi connectivity index (χ0v) is 11.0. The molecule has 3 rings (SSSR count). The fraction of sp³-hybridized carbons (Fsp3) is 0.786. The number of rotatable bonds is 2. The Bertz CT molecular complexity index is 444. The molecule has 0 spiro atoms. The minimum atomic E-state index is -0.703. The maximum atomic E-state index is 11.1. The summed E-state index contributed by atoms with van der Waals surface area (Å²) in [6.07, 6.45) is 4.83. The van der Waals surface area contributed by atoms with Crippen molar-refractivity contribution < 1.29 is 15.0 Å². The molecule has 0 bridgehead atoms. The van der Waals surface area contributed by atoms with Crippen LogP contribution in [0.25, 0.3) is 0 Å². The first-order valence-electron chi connectivity index (χ1n) is 7.14. The Morgan fingerprint density at radius 3 is 2.37 bits per heavy atom. The van der Waals surface area contributed by atoms with Crippen LogP contribution in [-0.4, -0.2) is 46.3 Å². The van der Waals surface area contributed by atoms with Gasteiger partial charge in [0.25, 0.3) is 0 Å². The number of aliphatic carboxylic acids is 1. The highest BCUT2D eigenvalue weighted by Crippen LogP contribution is 2.33. The summed E-state index contributed by atoms with van der Waals surface area (Å²) in [5.74, 6) is -0.621. The lowest BCUT2D eigenvalue weighted by Gasteiger charge is -2.36. The largest absolute Gasteiger partial charge is 0.481 e. The van der Waals surface area contributed by atoms with E-state index in [1.165, 1.54) is 0 Å². The molecule has 0 saturated heterocycles. The summed E-state index contributed by atoms with van der Waals surface area (Å²) in [5.41, 5.74) is 2.22. The molecule has 1 aliphatic heterocycles. The monoisotopic (exact) mass is 264 g/mol. The minimum absolute atomic E-state index is 0.00627. The fourth-order valence-corrected chi connectivity index (χ4v) is 3.45. The molecule has 0 amide bonds. The maximum Gasteiger partial charge on any atom is 0.306 e. The Morgan fingerprint density at radius 1 is 1.11 bits per heavy atom. The molecule has 1 heterocycles. The highest BCUT2D eigenvalue weighted by Gasteiger charge is 2.36. The van der Waals surface area contributed by atoms with E-state index in [9.17, 15) is 9.90 Å². The van der Waals surface area contributed by atoms with Gasteiger partial charge in [0, 0.05) is 18.0 Å². The molecule has 0 aromatic heterocycles. The van der Waals surface area contributed by atoms with Gasteiger partial charge in [-0.25, -0.2) is 0 Å². The standard InChI is InChI=1S/C14H20N2O3/c17-7-8-1-3-10-12(5-8)15-11-4-2-9(14(18)19)6-13(11)16-10/h8-9,12-13,17H,1-7H2,(H,18,19). The van der Waals surface area contributed by atoms with Gasteiger partial charge in [0.15, 0.2) is 0 Å². The number of aliphatic hydroxyl groups is 1. The molecule has 5 heteroatoms. The summed E-state index contributed by atoms with van der Waals surface area (Å²) in [4.78, 5) is 20.6. The van der Waals surface area contributed by atoms with Gasteiger partial charge in [0.05, 0.1) is 18.0 Å². The number of carboxylic acid groups (broad SMARTS) is 1. The van der Waals surface area contributed by atoms with Crippen LogP contribution in [0, 0.1) is 11.8 Å². The number of aliphatic imine (C=N–C) groups is 2. The average molecular weight is 264 g/mol. The molecule has 4 atom stereocenters. The van der Waals surface area contributed by atoms with Crippen molar-refractivity contribution in [3.8, 4) is 0 Å². The van der Waals surface area contributed by atoms with Gasteiger partial charge in [-0.15, -0.1) is 0 Å². The van der Waals surface area contributed by atoms with Gasteiger partial charge in [-0.1, -0.05) is 0 Å². The molecule has 104 valence electrons. The third-order valence-electron chi connectivity index (χ3n) is 4.64. The van der Waals surface area contributed by atoms with Gasteiger partial charge in [-0.3, -0.25) is 14.8 Å². The summed E-state index contributed by atoms with van der Waals surface area (Å²) in [5, 5.41) is 18.4. The second-order valence-corrected chi connectivity index (χ2v) is 5.90. The lowest BCUT2D eigenvalue weighted by molar-refractivity contribution is -0.142. The summed E-state index contributed by atoms with van der Waals surface area (Å²) < 4.78 is 0. The number of hydrogen-bond acceptors (Lipinski definition) is 4. The Kier molecular flexibility index (Phi) is 3.39. The van der Waals surface area contributed by atoms with Crippen molar-refractivity contribution in [2.45, 2.75) is 50.6 Å². The molecule has 4 unspecified atom stereocenters. The van der Waals surface area contributed by atoms with Crippen molar-refractivity contribution in [1.29, 1.82) is 0 Å². The minimum Gasteiger partial charge on any atom is -0.481 e. The molecular weight excluding hydrogens is 244 g/mol. The van der Waals surface area contributed by atoms with Crippen LogP contribution in [-0.2, 0) is 4.79 Å². The van der Waals surface area contributed by atoms with Crippen LogP contribution in [0.2, 0.25) is 0 Å². The number of nitrogens with zero attached hydrogens (tertiary/aromatic N) is 2. The third-order valence-corrected chi connectivity index (χ3v) is 4.64. The number of carbonyl (C=O) groups is 1. The molecule has 19 heavy (non-hydrogen) atoms. The number of hydrogen-bond donors (Lipinski definition) is 2. The second-order valence-electron chi connectivity index (χ2n) is 5.90. The van der Waals surface area contributed by atoms with E-state index in [-0.39, 0.29) is 24.6 Å². The average Bonchev–Trinajstić information content (AvgIpc) is 2.43. The van der Waals surface area contributed by atoms with E-state index in [0.29, 0.717) is 18.8 Å². The normalized spacial score (nSPS) is 37.7. The predicted molar refractivity (Wildman–Crippen MR) is 71.8 cm³/mol. The first kappa shape index (κ1) is 12.8. The van der Waals surface area contributed by atoms with Crippen molar-refractivity contribution in [3.05, 3.63) is 0 Å². The lowest BCUT2D eigenvalue weighted by Crippen LogP contribution is -2.41. The fourth-order valence-electron chi connectivity index (χ4n) is 3.45. The van der Waals surface area contributed by atoms with Crippen LogP contribution in [0.5, 0.6) is 0 Å². The van der Waals surface area contributed by atoms with Crippen LogP contribution in [0.3, 0.4) is 0 Å². The van der Waals surface area contributed by atoms with E-state index < -0.39 is 5.97 Å². The van der Waals surface area contributed by atoms with Crippen LogP contribution in [0.4, 0.5) is 0 Å². The van der Waals surface area contributed by atoms with Gasteiger partial charge in [-0.2, -0.15) is 0 Å². The zero-order valence-electron chi connectivity index (χ0n) is 11.0. The molecule has 2 N–H and O–H groups in total. The molecule has 0 aromatic carbocycles. The van der Waals surface area contributed by atoms with E-state index in [1.807, 2.05) is 0 Å².